The van der Waals surface area contributed by atoms with Crippen LogP contribution < -0.4 is 4.74 Å². The second kappa shape index (κ2) is 12.3. The Morgan fingerprint density at radius 2 is 1.76 bits per heavy atom. The summed E-state index contributed by atoms with van der Waals surface area (Å²) in [5.41, 5.74) is 0.738. The van der Waals surface area contributed by atoms with Crippen molar-refractivity contribution in [3.8, 4) is 11.5 Å². The van der Waals surface area contributed by atoms with Crippen LogP contribution >= 0.6 is 0 Å². The van der Waals surface area contributed by atoms with Gasteiger partial charge in [0.1, 0.15) is 5.78 Å². The van der Waals surface area contributed by atoms with Crippen molar-refractivity contribution in [3.05, 3.63) is 29.8 Å². The highest BCUT2D eigenvalue weighted by atomic mass is 16.5. The molecule has 0 spiro atoms. The largest absolute Gasteiger partial charge is 0.504 e. The number of unbranched alkanes of at least 4 members (excludes halogenated alkanes) is 6. The Bertz CT molecular complexity index is 575. The van der Waals surface area contributed by atoms with Crippen LogP contribution in [0, 0.1) is 0 Å². The third-order valence-corrected chi connectivity index (χ3v) is 4.10. The Kier molecular flexibility index (Phi) is 10.3. The number of allylic oxidation sites excluding steroid dienone is 1. The molecule has 1 aromatic carbocycles. The van der Waals surface area contributed by atoms with E-state index in [0.717, 1.165) is 18.4 Å². The molecule has 0 bridgehead atoms. The molecule has 1 rings (SSSR count). The number of carbonyl (C=O) groups excluding carboxylic acids is 2. The van der Waals surface area contributed by atoms with E-state index in [2.05, 4.69) is 6.92 Å². The summed E-state index contributed by atoms with van der Waals surface area (Å²) in [7, 11) is 1.47. The molecule has 0 unspecified atom stereocenters. The van der Waals surface area contributed by atoms with Gasteiger partial charge in [-0.1, -0.05) is 57.6 Å². The van der Waals surface area contributed by atoms with Crippen LogP contribution in [-0.2, 0) is 9.59 Å². The summed E-state index contributed by atoms with van der Waals surface area (Å²) in [6.45, 7) is 2.20. The highest BCUT2D eigenvalue weighted by Crippen LogP contribution is 2.26. The van der Waals surface area contributed by atoms with Crippen molar-refractivity contribution < 1.29 is 19.4 Å². The Morgan fingerprint density at radius 1 is 1.08 bits per heavy atom. The van der Waals surface area contributed by atoms with Crippen LogP contribution in [0.5, 0.6) is 11.5 Å². The molecule has 138 valence electrons. The number of aromatic hydroxyl groups is 1. The zero-order chi connectivity index (χ0) is 18.5. The summed E-state index contributed by atoms with van der Waals surface area (Å²) < 4.78 is 5.02. The maximum atomic E-state index is 11.9. The fourth-order valence-electron chi connectivity index (χ4n) is 2.61. The number of phenolic OH excluding ortho intramolecular Hbond substituents is 1. The predicted octanol–water partition coefficient (Wildman–Crippen LogP) is 5.08. The van der Waals surface area contributed by atoms with Gasteiger partial charge in [-0.2, -0.15) is 0 Å². The lowest BCUT2D eigenvalue weighted by Crippen LogP contribution is -2.05. The van der Waals surface area contributed by atoms with E-state index in [1.54, 1.807) is 18.2 Å². The summed E-state index contributed by atoms with van der Waals surface area (Å²) in [6.07, 6.45) is 11.6. The van der Waals surface area contributed by atoms with Crippen LogP contribution in [0.15, 0.2) is 24.3 Å². The first-order chi connectivity index (χ1) is 12.1. The van der Waals surface area contributed by atoms with Gasteiger partial charge < -0.3 is 9.84 Å². The van der Waals surface area contributed by atoms with Gasteiger partial charge in [0.2, 0.25) is 0 Å². The lowest BCUT2D eigenvalue weighted by Gasteiger charge is -2.03. The molecular weight excluding hydrogens is 316 g/mol. The van der Waals surface area contributed by atoms with Crippen molar-refractivity contribution in [3.63, 3.8) is 0 Å². The van der Waals surface area contributed by atoms with E-state index in [0.29, 0.717) is 12.2 Å². The molecule has 25 heavy (non-hydrogen) atoms. The molecule has 0 saturated heterocycles. The van der Waals surface area contributed by atoms with Crippen LogP contribution in [0.2, 0.25) is 0 Å². The van der Waals surface area contributed by atoms with Crippen molar-refractivity contribution in [2.75, 3.05) is 7.11 Å². The molecule has 4 heteroatoms. The molecule has 0 heterocycles. The summed E-state index contributed by atoms with van der Waals surface area (Å²) >= 11 is 0. The molecule has 0 fully saturated rings. The van der Waals surface area contributed by atoms with E-state index in [-0.39, 0.29) is 23.7 Å². The van der Waals surface area contributed by atoms with E-state index < -0.39 is 0 Å². The average Bonchev–Trinajstić information content (AvgIpc) is 2.60. The minimum absolute atomic E-state index is 0.00601. The monoisotopic (exact) mass is 346 g/mol. The molecule has 4 nitrogen and oxygen atoms in total. The summed E-state index contributed by atoms with van der Waals surface area (Å²) in [4.78, 5) is 23.7. The second-order valence-electron chi connectivity index (χ2n) is 6.32. The van der Waals surface area contributed by atoms with Crippen molar-refractivity contribution >= 4 is 17.6 Å². The summed E-state index contributed by atoms with van der Waals surface area (Å²) in [5.74, 6) is 0.215. The first-order valence-corrected chi connectivity index (χ1v) is 9.16. The highest BCUT2D eigenvalue weighted by Gasteiger charge is 2.07. The number of carbonyl (C=O) groups is 2. The molecule has 0 aromatic heterocycles. The van der Waals surface area contributed by atoms with Crippen molar-refractivity contribution in [1.29, 1.82) is 0 Å². The van der Waals surface area contributed by atoms with Gasteiger partial charge in [0, 0.05) is 6.42 Å². The van der Waals surface area contributed by atoms with Crippen LogP contribution in [-0.4, -0.2) is 23.8 Å². The maximum Gasteiger partial charge on any atom is 0.163 e. The fraction of sp³-hybridized carbons (Fsp3) is 0.524. The van der Waals surface area contributed by atoms with E-state index >= 15 is 0 Å². The van der Waals surface area contributed by atoms with Crippen molar-refractivity contribution in [1.82, 2.24) is 0 Å². The van der Waals surface area contributed by atoms with Crippen LogP contribution in [0.25, 0.3) is 6.08 Å². The van der Waals surface area contributed by atoms with Crippen molar-refractivity contribution in [2.24, 2.45) is 0 Å². The fourth-order valence-corrected chi connectivity index (χ4v) is 2.61. The number of ether oxygens (including phenoxy) is 1. The van der Waals surface area contributed by atoms with Crippen LogP contribution in [0.4, 0.5) is 0 Å². The molecule has 0 radical (unpaired) electrons. The molecule has 0 aliphatic rings. The molecule has 0 atom stereocenters. The quantitative estimate of drug-likeness (QED) is 0.307. The third kappa shape index (κ3) is 9.08. The Morgan fingerprint density at radius 3 is 2.44 bits per heavy atom. The molecule has 0 saturated carbocycles. The number of benzene rings is 1. The lowest BCUT2D eigenvalue weighted by atomic mass is 10.0. The minimum atomic E-state index is -0.194. The summed E-state index contributed by atoms with van der Waals surface area (Å²) in [6, 6.07) is 4.83. The van der Waals surface area contributed by atoms with Crippen LogP contribution in [0.3, 0.4) is 0 Å². The zero-order valence-corrected chi connectivity index (χ0v) is 15.4. The topological polar surface area (TPSA) is 63.6 Å². The van der Waals surface area contributed by atoms with E-state index in [1.807, 2.05) is 0 Å². The molecule has 1 N–H and O–H groups in total. The van der Waals surface area contributed by atoms with Crippen molar-refractivity contribution in [2.45, 2.75) is 64.7 Å². The minimum Gasteiger partial charge on any atom is -0.504 e. The second-order valence-corrected chi connectivity index (χ2v) is 6.32. The smallest absolute Gasteiger partial charge is 0.163 e. The molecule has 1 aromatic rings. The van der Waals surface area contributed by atoms with Gasteiger partial charge in [-0.25, -0.2) is 0 Å². The number of phenols is 1. The van der Waals surface area contributed by atoms with E-state index in [9.17, 15) is 14.7 Å². The normalized spacial score (nSPS) is 11.0. The number of rotatable bonds is 13. The average molecular weight is 346 g/mol. The number of ketones is 2. The Hall–Kier alpha value is -2.10. The Labute approximate surface area is 150 Å². The number of methoxy groups -OCH3 is 1. The zero-order valence-electron chi connectivity index (χ0n) is 15.4. The number of hydrogen-bond acceptors (Lipinski definition) is 4. The first-order valence-electron chi connectivity index (χ1n) is 9.16. The Balaban J connectivity index is 2.28. The number of hydrogen-bond donors (Lipinski definition) is 1. The highest BCUT2D eigenvalue weighted by molar-refractivity contribution is 6.06. The predicted molar refractivity (Wildman–Crippen MR) is 101 cm³/mol. The van der Waals surface area contributed by atoms with Gasteiger partial charge in [0.15, 0.2) is 17.3 Å². The number of Topliss-reactive ketones (excluding diaryl/α,β-unsaturated/α-hetero) is 1. The van der Waals surface area contributed by atoms with Gasteiger partial charge in [0.05, 0.1) is 13.5 Å². The van der Waals surface area contributed by atoms with Gasteiger partial charge in [0.25, 0.3) is 0 Å². The van der Waals surface area contributed by atoms with Gasteiger partial charge in [-0.3, -0.25) is 9.59 Å². The molecule has 0 aliphatic heterocycles. The van der Waals surface area contributed by atoms with Gasteiger partial charge in [-0.15, -0.1) is 0 Å². The molecule has 0 amide bonds. The van der Waals surface area contributed by atoms with E-state index in [1.165, 1.54) is 51.4 Å². The SMILES string of the molecule is CCCCCCCCCC(=O)CC(=O)C=Cc1ccc(O)c(OC)c1. The van der Waals surface area contributed by atoms with E-state index in [4.69, 9.17) is 4.74 Å². The molecular formula is C21H30O4. The maximum absolute atomic E-state index is 11.9. The standard InChI is InChI=1S/C21H30O4/c1-3-4-5-6-7-8-9-10-18(22)16-19(23)13-11-17-12-14-20(24)21(15-17)25-2/h11-15,24H,3-10,16H2,1-2H3. The lowest BCUT2D eigenvalue weighted by molar-refractivity contribution is -0.124. The summed E-state index contributed by atoms with van der Waals surface area (Å²) in [5, 5.41) is 9.53. The van der Waals surface area contributed by atoms with Crippen LogP contribution in [0.1, 0.15) is 70.3 Å². The first kappa shape index (κ1) is 20.9. The van der Waals surface area contributed by atoms with Gasteiger partial charge >= 0.3 is 0 Å². The third-order valence-electron chi connectivity index (χ3n) is 4.10. The van der Waals surface area contributed by atoms with Gasteiger partial charge in [-0.05, 0) is 30.2 Å². The molecule has 0 aliphatic carbocycles.